The van der Waals surface area contributed by atoms with Crippen molar-refractivity contribution < 1.29 is 4.74 Å². The fourth-order valence-corrected chi connectivity index (χ4v) is 1.95. The third-order valence-corrected chi connectivity index (χ3v) is 2.92. The molecule has 0 heterocycles. The first-order chi connectivity index (χ1) is 8.19. The first-order valence-electron chi connectivity index (χ1n) is 5.71. The summed E-state index contributed by atoms with van der Waals surface area (Å²) in [5, 5.41) is 12.0. The van der Waals surface area contributed by atoms with Gasteiger partial charge in [0, 0.05) is 16.1 Å². The molecule has 4 heteroatoms. The van der Waals surface area contributed by atoms with E-state index in [4.69, 9.17) is 10.00 Å². The average molecular weight is 297 g/mol. The molecule has 0 aliphatic rings. The minimum Gasteiger partial charge on any atom is -0.478 e. The molecule has 0 fully saturated rings. The van der Waals surface area contributed by atoms with E-state index in [1.54, 1.807) is 0 Å². The second kappa shape index (κ2) is 7.31. The summed E-state index contributed by atoms with van der Waals surface area (Å²) in [7, 11) is 0. The van der Waals surface area contributed by atoms with E-state index in [2.05, 4.69) is 35.1 Å². The Balaban J connectivity index is 2.86. The van der Waals surface area contributed by atoms with Crippen molar-refractivity contribution >= 4 is 15.9 Å². The number of rotatable bonds is 6. The predicted octanol–water partition coefficient (Wildman–Crippen LogP) is 3.41. The summed E-state index contributed by atoms with van der Waals surface area (Å²) in [6.45, 7) is 5.27. The van der Waals surface area contributed by atoms with Crippen molar-refractivity contribution in [3.05, 3.63) is 28.2 Å². The summed E-state index contributed by atoms with van der Waals surface area (Å²) in [5.41, 5.74) is 1.07. The lowest BCUT2D eigenvalue weighted by atomic mass is 10.1. The number of nitriles is 1. The van der Waals surface area contributed by atoms with Crippen molar-refractivity contribution in [2.24, 2.45) is 0 Å². The highest BCUT2D eigenvalue weighted by atomic mass is 79.9. The number of hydrogen-bond acceptors (Lipinski definition) is 3. The Kier molecular flexibility index (Phi) is 6.03. The summed E-state index contributed by atoms with van der Waals surface area (Å²) in [6, 6.07) is 8.03. The van der Waals surface area contributed by atoms with Crippen molar-refractivity contribution in [3.8, 4) is 11.8 Å². The van der Waals surface area contributed by atoms with E-state index in [1.807, 2.05) is 24.3 Å². The highest BCUT2D eigenvalue weighted by Crippen LogP contribution is 2.28. The first-order valence-corrected chi connectivity index (χ1v) is 6.51. The Morgan fingerprint density at radius 3 is 2.94 bits per heavy atom. The van der Waals surface area contributed by atoms with E-state index in [-0.39, 0.29) is 12.6 Å². The van der Waals surface area contributed by atoms with Gasteiger partial charge in [-0.2, -0.15) is 5.26 Å². The number of nitrogens with one attached hydrogen (secondary N) is 1. The molecule has 3 nitrogen and oxygen atoms in total. The molecule has 0 aliphatic heterocycles. The molecule has 0 radical (unpaired) electrons. The molecule has 17 heavy (non-hydrogen) atoms. The van der Waals surface area contributed by atoms with E-state index in [0.717, 1.165) is 28.8 Å². The molecule has 0 spiro atoms. The topological polar surface area (TPSA) is 45.0 Å². The van der Waals surface area contributed by atoms with Crippen molar-refractivity contribution in [3.63, 3.8) is 0 Å². The summed E-state index contributed by atoms with van der Waals surface area (Å²) in [4.78, 5) is 0. The van der Waals surface area contributed by atoms with Gasteiger partial charge in [0.25, 0.3) is 0 Å². The summed E-state index contributed by atoms with van der Waals surface area (Å²) < 4.78 is 6.44. The number of hydrogen-bond donors (Lipinski definition) is 1. The highest BCUT2D eigenvalue weighted by Gasteiger charge is 2.11. The van der Waals surface area contributed by atoms with Crippen LogP contribution in [0.25, 0.3) is 0 Å². The van der Waals surface area contributed by atoms with E-state index in [9.17, 15) is 0 Å². The van der Waals surface area contributed by atoms with Crippen LogP contribution in [0, 0.1) is 11.3 Å². The van der Waals surface area contributed by atoms with Crippen LogP contribution in [0.15, 0.2) is 22.7 Å². The Morgan fingerprint density at radius 1 is 1.53 bits per heavy atom. The molecule has 0 saturated carbocycles. The lowest BCUT2D eigenvalue weighted by Crippen LogP contribution is -2.20. The van der Waals surface area contributed by atoms with Crippen molar-refractivity contribution in [1.82, 2.24) is 5.32 Å². The van der Waals surface area contributed by atoms with Gasteiger partial charge in [0.1, 0.15) is 11.8 Å². The van der Waals surface area contributed by atoms with Crippen LogP contribution in [0.2, 0.25) is 0 Å². The smallest absolute Gasteiger partial charge is 0.174 e. The van der Waals surface area contributed by atoms with Crippen LogP contribution in [-0.2, 0) is 0 Å². The molecular formula is C13H17BrN2O. The SMILES string of the molecule is CCCNC(C)c1cc(Br)ccc1OCC#N. The molecule has 1 atom stereocenters. The zero-order valence-corrected chi connectivity index (χ0v) is 11.8. The monoisotopic (exact) mass is 296 g/mol. The van der Waals surface area contributed by atoms with Crippen LogP contribution < -0.4 is 10.1 Å². The number of ether oxygens (including phenoxy) is 1. The average Bonchev–Trinajstić information content (AvgIpc) is 2.34. The van der Waals surface area contributed by atoms with Gasteiger partial charge in [-0.15, -0.1) is 0 Å². The number of halogens is 1. The first kappa shape index (κ1) is 14.0. The molecule has 92 valence electrons. The largest absolute Gasteiger partial charge is 0.478 e. The Morgan fingerprint density at radius 2 is 2.29 bits per heavy atom. The Bertz CT molecular complexity index is 401. The van der Waals surface area contributed by atoms with E-state index < -0.39 is 0 Å². The molecule has 1 rings (SSSR count). The maximum absolute atomic E-state index is 8.55. The molecular weight excluding hydrogens is 280 g/mol. The maximum atomic E-state index is 8.55. The van der Waals surface area contributed by atoms with Crippen molar-refractivity contribution in [1.29, 1.82) is 5.26 Å². The third-order valence-electron chi connectivity index (χ3n) is 2.43. The van der Waals surface area contributed by atoms with Gasteiger partial charge in [0.05, 0.1) is 0 Å². The Hall–Kier alpha value is -1.05. The fourth-order valence-electron chi connectivity index (χ4n) is 1.57. The van der Waals surface area contributed by atoms with Crippen LogP contribution in [0.5, 0.6) is 5.75 Å². The van der Waals surface area contributed by atoms with E-state index in [1.165, 1.54) is 0 Å². The maximum Gasteiger partial charge on any atom is 0.174 e. The summed E-state index contributed by atoms with van der Waals surface area (Å²) in [6.07, 6.45) is 1.09. The second-order valence-electron chi connectivity index (χ2n) is 3.80. The molecule has 1 aromatic carbocycles. The molecule has 1 unspecified atom stereocenters. The van der Waals surface area contributed by atoms with E-state index >= 15 is 0 Å². The van der Waals surface area contributed by atoms with Crippen LogP contribution in [-0.4, -0.2) is 13.2 Å². The van der Waals surface area contributed by atoms with Gasteiger partial charge >= 0.3 is 0 Å². The standard InChI is InChI=1S/C13H17BrN2O/c1-3-7-16-10(2)12-9-11(14)4-5-13(12)17-8-6-15/h4-5,9-10,16H,3,7-8H2,1-2H3. The lowest BCUT2D eigenvalue weighted by Gasteiger charge is -2.17. The quantitative estimate of drug-likeness (QED) is 0.875. The van der Waals surface area contributed by atoms with Crippen LogP contribution in [0.1, 0.15) is 31.9 Å². The summed E-state index contributed by atoms with van der Waals surface area (Å²) in [5.74, 6) is 0.769. The molecule has 0 aromatic heterocycles. The van der Waals surface area contributed by atoms with Gasteiger partial charge in [0.15, 0.2) is 6.61 Å². The van der Waals surface area contributed by atoms with Crippen molar-refractivity contribution in [2.75, 3.05) is 13.2 Å². The molecule has 1 N–H and O–H groups in total. The van der Waals surface area contributed by atoms with Gasteiger partial charge in [0.2, 0.25) is 0 Å². The van der Waals surface area contributed by atoms with E-state index in [0.29, 0.717) is 0 Å². The predicted molar refractivity (Wildman–Crippen MR) is 72.0 cm³/mol. The van der Waals surface area contributed by atoms with Gasteiger partial charge < -0.3 is 10.1 Å². The van der Waals surface area contributed by atoms with Crippen LogP contribution in [0.4, 0.5) is 0 Å². The van der Waals surface area contributed by atoms with Gasteiger partial charge in [-0.05, 0) is 38.1 Å². The second-order valence-corrected chi connectivity index (χ2v) is 4.72. The zero-order chi connectivity index (χ0) is 12.7. The van der Waals surface area contributed by atoms with Gasteiger partial charge in [-0.25, -0.2) is 0 Å². The normalized spacial score (nSPS) is 11.9. The zero-order valence-electron chi connectivity index (χ0n) is 10.2. The van der Waals surface area contributed by atoms with Crippen LogP contribution >= 0.6 is 15.9 Å². The van der Waals surface area contributed by atoms with Crippen LogP contribution in [0.3, 0.4) is 0 Å². The molecule has 0 bridgehead atoms. The molecule has 0 amide bonds. The highest BCUT2D eigenvalue weighted by molar-refractivity contribution is 9.10. The molecule has 0 aliphatic carbocycles. The molecule has 1 aromatic rings. The number of nitrogens with zero attached hydrogens (tertiary/aromatic N) is 1. The van der Waals surface area contributed by atoms with Gasteiger partial charge in [-0.1, -0.05) is 22.9 Å². The number of benzene rings is 1. The lowest BCUT2D eigenvalue weighted by molar-refractivity contribution is 0.358. The molecule has 0 saturated heterocycles. The minimum absolute atomic E-state index is 0.0785. The Labute approximate surface area is 111 Å². The minimum atomic E-state index is 0.0785. The third kappa shape index (κ3) is 4.37. The van der Waals surface area contributed by atoms with Crippen molar-refractivity contribution in [2.45, 2.75) is 26.3 Å². The summed E-state index contributed by atoms with van der Waals surface area (Å²) >= 11 is 3.45. The fraction of sp³-hybridized carbons (Fsp3) is 0.462. The van der Waals surface area contributed by atoms with Gasteiger partial charge in [-0.3, -0.25) is 0 Å².